The maximum Gasteiger partial charge on any atom is 0.324 e. The lowest BCUT2D eigenvalue weighted by atomic mass is 10.0. The van der Waals surface area contributed by atoms with Crippen molar-refractivity contribution in [2.24, 2.45) is 11.3 Å². The maximum atomic E-state index is 11.6. The summed E-state index contributed by atoms with van der Waals surface area (Å²) < 4.78 is 18.8. The van der Waals surface area contributed by atoms with E-state index in [0.29, 0.717) is 6.42 Å². The highest BCUT2D eigenvalue weighted by molar-refractivity contribution is 9.09. The molecule has 0 aromatic carbocycles. The lowest BCUT2D eigenvalue weighted by Gasteiger charge is -2.13. The molecule has 1 unspecified atom stereocenters. The standard InChI is InChI=1S/C11H16O4.C7H12O4.C4H6Br2.2C2H6/c1-4-8-7-11(8,9(12)14-5-2)10(13)15-6-3;1-3-10-6(8)5-7(9)11-4-2;5-3-1-2-4-6;2*1-2/h4,8H,1,5-7H2,2-3H3;3-5H2,1-2H3;1-2H,3-4H2;2*1-2H3/b;;2-1+;;. The first-order valence-corrected chi connectivity index (χ1v) is 14.5. The number of rotatable bonds is 11. The monoisotopic (exact) mass is 644 g/mol. The van der Waals surface area contributed by atoms with Crippen molar-refractivity contribution in [3.05, 3.63) is 24.8 Å². The zero-order valence-corrected chi connectivity index (χ0v) is 26.4. The molecular weight excluding hydrogens is 600 g/mol. The molecule has 0 aromatic rings. The Morgan fingerprint density at radius 2 is 1.08 bits per heavy atom. The second-order valence-corrected chi connectivity index (χ2v) is 7.32. The van der Waals surface area contributed by atoms with E-state index in [1.807, 2.05) is 27.7 Å². The Labute approximate surface area is 234 Å². The van der Waals surface area contributed by atoms with Crippen molar-refractivity contribution in [2.75, 3.05) is 37.1 Å². The van der Waals surface area contributed by atoms with Gasteiger partial charge in [-0.15, -0.1) is 6.58 Å². The molecule has 1 fully saturated rings. The number of halogens is 2. The molecule has 0 heterocycles. The van der Waals surface area contributed by atoms with Gasteiger partial charge in [-0.25, -0.2) is 0 Å². The van der Waals surface area contributed by atoms with E-state index in [-0.39, 0.29) is 38.8 Å². The summed E-state index contributed by atoms with van der Waals surface area (Å²) in [5.74, 6) is -2.20. The van der Waals surface area contributed by atoms with Gasteiger partial charge in [-0.05, 0) is 34.1 Å². The Hall–Kier alpha value is -1.68. The van der Waals surface area contributed by atoms with Crippen LogP contribution in [0.15, 0.2) is 24.8 Å². The zero-order chi connectivity index (χ0) is 29.0. The van der Waals surface area contributed by atoms with Gasteiger partial charge < -0.3 is 18.9 Å². The van der Waals surface area contributed by atoms with E-state index in [1.54, 1.807) is 33.8 Å². The largest absolute Gasteiger partial charge is 0.466 e. The van der Waals surface area contributed by atoms with Crippen molar-refractivity contribution >= 4 is 55.7 Å². The fraction of sp³-hybridized carbons (Fsp3) is 0.692. The van der Waals surface area contributed by atoms with Crippen molar-refractivity contribution in [1.82, 2.24) is 0 Å². The topological polar surface area (TPSA) is 105 Å². The third-order valence-electron chi connectivity index (χ3n) is 3.82. The summed E-state index contributed by atoms with van der Waals surface area (Å²) in [4.78, 5) is 44.5. The minimum absolute atomic E-state index is 0.143. The fourth-order valence-corrected chi connectivity index (χ4v) is 2.84. The summed E-state index contributed by atoms with van der Waals surface area (Å²) in [5.41, 5.74) is -1.10. The number of alkyl halides is 2. The molecule has 1 aliphatic carbocycles. The van der Waals surface area contributed by atoms with Gasteiger partial charge in [0.2, 0.25) is 0 Å². The lowest BCUT2D eigenvalue weighted by Crippen LogP contribution is -2.31. The first-order valence-electron chi connectivity index (χ1n) is 12.3. The summed E-state index contributed by atoms with van der Waals surface area (Å²) in [6, 6.07) is 0. The van der Waals surface area contributed by atoms with Gasteiger partial charge in [0.15, 0.2) is 5.41 Å². The van der Waals surface area contributed by atoms with Crippen molar-refractivity contribution in [3.63, 3.8) is 0 Å². The predicted octanol–water partition coefficient (Wildman–Crippen LogP) is 6.19. The van der Waals surface area contributed by atoms with Gasteiger partial charge >= 0.3 is 23.9 Å². The third-order valence-corrected chi connectivity index (χ3v) is 4.57. The van der Waals surface area contributed by atoms with Crippen LogP contribution >= 0.6 is 31.9 Å². The molecule has 0 aliphatic heterocycles. The number of hydrogen-bond acceptors (Lipinski definition) is 8. The number of carbonyl (C=O) groups excluding carboxylic acids is 4. The average molecular weight is 646 g/mol. The number of allylic oxidation sites excluding steroid dienone is 3. The molecular formula is C26H46Br2O8. The van der Waals surface area contributed by atoms with E-state index < -0.39 is 29.3 Å². The van der Waals surface area contributed by atoms with E-state index in [9.17, 15) is 19.2 Å². The van der Waals surface area contributed by atoms with Gasteiger partial charge in [0.1, 0.15) is 6.42 Å². The van der Waals surface area contributed by atoms with Gasteiger partial charge in [-0.1, -0.05) is 77.8 Å². The molecule has 0 saturated heterocycles. The predicted molar refractivity (Wildman–Crippen MR) is 151 cm³/mol. The smallest absolute Gasteiger partial charge is 0.324 e. The second-order valence-electron chi connectivity index (χ2n) is 6.03. The molecule has 1 aliphatic rings. The molecule has 0 amide bonds. The van der Waals surface area contributed by atoms with Crippen molar-refractivity contribution in [2.45, 2.75) is 68.2 Å². The molecule has 10 heteroatoms. The highest BCUT2D eigenvalue weighted by Gasteiger charge is 2.66. The minimum atomic E-state index is -1.10. The molecule has 0 aromatic heterocycles. The number of esters is 4. The molecule has 8 nitrogen and oxygen atoms in total. The minimum Gasteiger partial charge on any atom is -0.466 e. The average Bonchev–Trinajstić information content (AvgIpc) is 3.63. The van der Waals surface area contributed by atoms with Crippen LogP contribution in [0.3, 0.4) is 0 Å². The zero-order valence-electron chi connectivity index (χ0n) is 23.2. The SMILES string of the molecule is BrC/C=C/CBr.C=CC1CC1(C(=O)OCC)C(=O)OCC.CC.CC.CCOC(=O)CC(=O)OCC. The van der Waals surface area contributed by atoms with E-state index in [4.69, 9.17) is 9.47 Å². The molecule has 36 heavy (non-hydrogen) atoms. The van der Waals surface area contributed by atoms with E-state index in [2.05, 4.69) is 60.1 Å². The van der Waals surface area contributed by atoms with Crippen molar-refractivity contribution in [1.29, 1.82) is 0 Å². The highest BCUT2D eigenvalue weighted by atomic mass is 79.9. The summed E-state index contributed by atoms with van der Waals surface area (Å²) in [6.45, 7) is 19.5. The van der Waals surface area contributed by atoms with Crippen LogP contribution in [0.5, 0.6) is 0 Å². The number of carbonyl (C=O) groups is 4. The molecule has 0 spiro atoms. The molecule has 0 bridgehead atoms. The van der Waals surface area contributed by atoms with Crippen LogP contribution in [0, 0.1) is 11.3 Å². The number of ether oxygens (including phenoxy) is 4. The van der Waals surface area contributed by atoms with Gasteiger partial charge in [0.05, 0.1) is 26.4 Å². The van der Waals surface area contributed by atoms with Crippen molar-refractivity contribution in [3.8, 4) is 0 Å². The first-order chi connectivity index (χ1) is 17.2. The Morgan fingerprint density at radius 1 is 0.750 bits per heavy atom. The van der Waals surface area contributed by atoms with Crippen LogP contribution in [0.2, 0.25) is 0 Å². The Kier molecular flexibility index (Phi) is 34.0. The van der Waals surface area contributed by atoms with Crippen LogP contribution in [0.25, 0.3) is 0 Å². The van der Waals surface area contributed by atoms with Crippen LogP contribution in [-0.4, -0.2) is 61.0 Å². The Morgan fingerprint density at radius 3 is 1.31 bits per heavy atom. The van der Waals surface area contributed by atoms with Gasteiger partial charge in [0, 0.05) is 16.6 Å². The Balaban J connectivity index is -0.000000214. The second kappa shape index (κ2) is 29.5. The molecule has 0 radical (unpaired) electrons. The normalized spacial score (nSPS) is 13.8. The molecule has 1 saturated carbocycles. The van der Waals surface area contributed by atoms with Crippen molar-refractivity contribution < 1.29 is 38.1 Å². The van der Waals surface area contributed by atoms with Crippen LogP contribution in [0.4, 0.5) is 0 Å². The van der Waals surface area contributed by atoms with Crippen LogP contribution < -0.4 is 0 Å². The van der Waals surface area contributed by atoms with Gasteiger partial charge in [-0.3, -0.25) is 19.2 Å². The summed E-state index contributed by atoms with van der Waals surface area (Å²) >= 11 is 6.49. The molecule has 1 atom stereocenters. The number of hydrogen-bond donors (Lipinski definition) is 0. The van der Waals surface area contributed by atoms with Gasteiger partial charge in [-0.2, -0.15) is 0 Å². The fourth-order valence-electron chi connectivity index (χ4n) is 2.31. The summed E-state index contributed by atoms with van der Waals surface area (Å²) in [6.07, 6.45) is 5.87. The third kappa shape index (κ3) is 19.5. The quantitative estimate of drug-likeness (QED) is 0.0861. The van der Waals surface area contributed by atoms with Crippen LogP contribution in [0.1, 0.15) is 68.2 Å². The Bertz CT molecular complexity index is 581. The van der Waals surface area contributed by atoms with Crippen LogP contribution in [-0.2, 0) is 38.1 Å². The van der Waals surface area contributed by atoms with E-state index in [0.717, 1.165) is 10.7 Å². The molecule has 212 valence electrons. The van der Waals surface area contributed by atoms with E-state index in [1.165, 1.54) is 0 Å². The maximum absolute atomic E-state index is 11.6. The van der Waals surface area contributed by atoms with Gasteiger partial charge in [0.25, 0.3) is 0 Å². The highest BCUT2D eigenvalue weighted by Crippen LogP contribution is 2.55. The lowest BCUT2D eigenvalue weighted by molar-refractivity contribution is -0.165. The summed E-state index contributed by atoms with van der Waals surface area (Å²) in [5, 5.41) is 1.91. The summed E-state index contributed by atoms with van der Waals surface area (Å²) in [7, 11) is 0. The molecule has 0 N–H and O–H groups in total. The van der Waals surface area contributed by atoms with E-state index >= 15 is 0 Å². The molecule has 1 rings (SSSR count). The first kappa shape index (κ1) is 41.4.